The molecule has 0 bridgehead atoms. The summed E-state index contributed by atoms with van der Waals surface area (Å²) in [6, 6.07) is 0. The molecular formula is C28H46O2. The molecule has 170 valence electrons. The zero-order valence-corrected chi connectivity index (χ0v) is 20.2. The van der Waals surface area contributed by atoms with Crippen LogP contribution >= 0.6 is 0 Å². The SMILES string of the molecule is CC(C)CCC[C@@H](C)[C@H]1C(C=O)C[C@H]2[C@@H]3CC=C4C[C@H](O)CC[C@]4(C)[C@H]3CC[C@]12C. The highest BCUT2D eigenvalue weighted by atomic mass is 16.3. The van der Waals surface area contributed by atoms with E-state index in [9.17, 15) is 9.90 Å². The van der Waals surface area contributed by atoms with E-state index < -0.39 is 0 Å². The average Bonchev–Trinajstić information content (AvgIpc) is 3.00. The molecule has 1 unspecified atom stereocenters. The molecule has 2 heteroatoms. The molecule has 0 amide bonds. The molecule has 4 aliphatic rings. The smallest absolute Gasteiger partial charge is 0.123 e. The maximum atomic E-state index is 12.2. The van der Waals surface area contributed by atoms with Gasteiger partial charge in [0.05, 0.1) is 6.10 Å². The van der Waals surface area contributed by atoms with Crippen molar-refractivity contribution in [3.63, 3.8) is 0 Å². The zero-order valence-electron chi connectivity index (χ0n) is 20.2. The molecule has 0 aromatic carbocycles. The van der Waals surface area contributed by atoms with Gasteiger partial charge in [0.1, 0.15) is 6.29 Å². The van der Waals surface area contributed by atoms with Gasteiger partial charge in [0.15, 0.2) is 0 Å². The van der Waals surface area contributed by atoms with Crippen LogP contribution in [0, 0.1) is 52.3 Å². The summed E-state index contributed by atoms with van der Waals surface area (Å²) in [6.07, 6.45) is 15.6. The van der Waals surface area contributed by atoms with Crippen LogP contribution in [0.1, 0.15) is 98.8 Å². The Kier molecular flexibility index (Phi) is 6.30. The fourth-order valence-corrected chi connectivity index (χ4v) is 9.02. The lowest BCUT2D eigenvalue weighted by Gasteiger charge is -2.58. The Labute approximate surface area is 185 Å². The van der Waals surface area contributed by atoms with Crippen molar-refractivity contribution in [1.82, 2.24) is 0 Å². The monoisotopic (exact) mass is 414 g/mol. The van der Waals surface area contributed by atoms with E-state index in [1.807, 2.05) is 0 Å². The molecule has 1 N–H and O–H groups in total. The minimum Gasteiger partial charge on any atom is -0.393 e. The summed E-state index contributed by atoms with van der Waals surface area (Å²) in [5.74, 6) is 4.46. The number of aliphatic hydroxyl groups excluding tert-OH is 1. The largest absolute Gasteiger partial charge is 0.393 e. The summed E-state index contributed by atoms with van der Waals surface area (Å²) in [4.78, 5) is 12.2. The van der Waals surface area contributed by atoms with Gasteiger partial charge in [-0.15, -0.1) is 0 Å². The molecular weight excluding hydrogens is 368 g/mol. The number of hydrogen-bond donors (Lipinski definition) is 1. The number of aldehydes is 1. The zero-order chi connectivity index (χ0) is 21.7. The van der Waals surface area contributed by atoms with Crippen LogP contribution in [-0.4, -0.2) is 17.5 Å². The first kappa shape index (κ1) is 22.6. The van der Waals surface area contributed by atoms with E-state index in [4.69, 9.17) is 0 Å². The van der Waals surface area contributed by atoms with Gasteiger partial charge < -0.3 is 9.90 Å². The highest BCUT2D eigenvalue weighted by Crippen LogP contribution is 2.68. The van der Waals surface area contributed by atoms with E-state index in [2.05, 4.69) is 40.7 Å². The molecule has 0 saturated heterocycles. The van der Waals surface area contributed by atoms with Crippen LogP contribution in [0.4, 0.5) is 0 Å². The number of allylic oxidation sites excluding steroid dienone is 1. The number of aliphatic hydroxyl groups is 1. The van der Waals surface area contributed by atoms with Crippen LogP contribution in [0.3, 0.4) is 0 Å². The van der Waals surface area contributed by atoms with Crippen LogP contribution in [0.5, 0.6) is 0 Å². The van der Waals surface area contributed by atoms with Gasteiger partial charge in [-0.3, -0.25) is 0 Å². The van der Waals surface area contributed by atoms with Crippen molar-refractivity contribution in [3.8, 4) is 0 Å². The molecule has 2 nitrogen and oxygen atoms in total. The lowest BCUT2D eigenvalue weighted by molar-refractivity contribution is -0.113. The van der Waals surface area contributed by atoms with Crippen LogP contribution in [0.15, 0.2) is 11.6 Å². The number of rotatable bonds is 6. The van der Waals surface area contributed by atoms with Crippen molar-refractivity contribution < 1.29 is 9.90 Å². The average molecular weight is 415 g/mol. The van der Waals surface area contributed by atoms with Gasteiger partial charge in [0, 0.05) is 5.92 Å². The molecule has 0 aromatic rings. The quantitative estimate of drug-likeness (QED) is 0.383. The molecule has 4 aliphatic carbocycles. The third kappa shape index (κ3) is 3.63. The molecule has 0 aromatic heterocycles. The number of hydrogen-bond acceptors (Lipinski definition) is 2. The predicted molar refractivity (Wildman–Crippen MR) is 124 cm³/mol. The van der Waals surface area contributed by atoms with Gasteiger partial charge in [-0.1, -0.05) is 65.5 Å². The molecule has 3 fully saturated rings. The molecule has 0 spiro atoms. The van der Waals surface area contributed by atoms with Crippen LogP contribution < -0.4 is 0 Å². The summed E-state index contributed by atoms with van der Waals surface area (Å²) >= 11 is 0. The fraction of sp³-hybridized carbons (Fsp3) is 0.893. The Morgan fingerprint density at radius 3 is 2.60 bits per heavy atom. The summed E-state index contributed by atoms with van der Waals surface area (Å²) in [5.41, 5.74) is 2.18. The van der Waals surface area contributed by atoms with Crippen molar-refractivity contribution in [1.29, 1.82) is 0 Å². The van der Waals surface area contributed by atoms with Crippen molar-refractivity contribution in [2.45, 2.75) is 105 Å². The maximum Gasteiger partial charge on any atom is 0.123 e. The minimum absolute atomic E-state index is 0.128. The summed E-state index contributed by atoms with van der Waals surface area (Å²) in [7, 11) is 0. The van der Waals surface area contributed by atoms with Crippen molar-refractivity contribution in [3.05, 3.63) is 11.6 Å². The molecule has 0 heterocycles. The van der Waals surface area contributed by atoms with E-state index in [0.717, 1.165) is 43.4 Å². The Morgan fingerprint density at radius 2 is 1.90 bits per heavy atom. The number of carbonyl (C=O) groups is 1. The molecule has 0 aliphatic heterocycles. The first-order chi connectivity index (χ1) is 14.2. The van der Waals surface area contributed by atoms with Crippen molar-refractivity contribution in [2.24, 2.45) is 52.3 Å². The van der Waals surface area contributed by atoms with Crippen LogP contribution in [0.2, 0.25) is 0 Å². The minimum atomic E-state index is -0.128. The van der Waals surface area contributed by atoms with Gasteiger partial charge in [0.25, 0.3) is 0 Å². The molecule has 9 atom stereocenters. The molecule has 0 radical (unpaired) electrons. The second-order valence-corrected chi connectivity index (χ2v) is 12.6. The van der Waals surface area contributed by atoms with E-state index in [1.54, 1.807) is 5.57 Å². The summed E-state index contributed by atoms with van der Waals surface area (Å²) < 4.78 is 0. The van der Waals surface area contributed by atoms with Gasteiger partial charge in [-0.25, -0.2) is 0 Å². The second-order valence-electron chi connectivity index (χ2n) is 12.6. The van der Waals surface area contributed by atoms with E-state index in [1.165, 1.54) is 44.8 Å². The van der Waals surface area contributed by atoms with E-state index in [0.29, 0.717) is 28.6 Å². The van der Waals surface area contributed by atoms with Gasteiger partial charge in [-0.05, 0) is 91.3 Å². The number of fused-ring (bicyclic) bond motifs is 5. The first-order valence-electron chi connectivity index (χ1n) is 13.0. The highest BCUT2D eigenvalue weighted by Gasteiger charge is 2.61. The predicted octanol–water partition coefficient (Wildman–Crippen LogP) is 6.81. The molecule has 3 saturated carbocycles. The topological polar surface area (TPSA) is 37.3 Å². The van der Waals surface area contributed by atoms with Crippen LogP contribution in [-0.2, 0) is 4.79 Å². The van der Waals surface area contributed by atoms with E-state index in [-0.39, 0.29) is 12.0 Å². The Balaban J connectivity index is 1.56. The fourth-order valence-electron chi connectivity index (χ4n) is 9.02. The van der Waals surface area contributed by atoms with Gasteiger partial charge >= 0.3 is 0 Å². The van der Waals surface area contributed by atoms with Crippen molar-refractivity contribution in [2.75, 3.05) is 0 Å². The Hall–Kier alpha value is -0.630. The maximum absolute atomic E-state index is 12.2. The standard InChI is InChI=1S/C28H46O2/c1-18(2)7-6-8-19(3)26-20(17-29)15-25-23-10-9-21-16-22(30)11-13-27(21,4)24(23)12-14-28(25,26)5/h9,17-20,22-26,30H,6-8,10-16H2,1-5H3/t19-,20?,22-,23-,24+,25+,26+,27+,28+/m1/s1. The van der Waals surface area contributed by atoms with E-state index >= 15 is 0 Å². The lowest BCUT2D eigenvalue weighted by Crippen LogP contribution is -2.51. The normalized spacial score (nSPS) is 46.6. The van der Waals surface area contributed by atoms with Gasteiger partial charge in [0.2, 0.25) is 0 Å². The molecule has 30 heavy (non-hydrogen) atoms. The molecule has 4 rings (SSSR count). The first-order valence-corrected chi connectivity index (χ1v) is 13.0. The third-order valence-electron chi connectivity index (χ3n) is 10.5. The van der Waals surface area contributed by atoms with Crippen LogP contribution in [0.25, 0.3) is 0 Å². The summed E-state index contributed by atoms with van der Waals surface area (Å²) in [6.45, 7) is 12.2. The third-order valence-corrected chi connectivity index (χ3v) is 10.5. The summed E-state index contributed by atoms with van der Waals surface area (Å²) in [5, 5.41) is 10.2. The Morgan fingerprint density at radius 1 is 1.13 bits per heavy atom. The lowest BCUT2D eigenvalue weighted by atomic mass is 9.47. The number of carbonyl (C=O) groups excluding carboxylic acids is 1. The van der Waals surface area contributed by atoms with Gasteiger partial charge in [-0.2, -0.15) is 0 Å². The van der Waals surface area contributed by atoms with Crippen molar-refractivity contribution >= 4 is 6.29 Å². The highest BCUT2D eigenvalue weighted by molar-refractivity contribution is 5.55. The Bertz CT molecular complexity index is 666. The second kappa shape index (κ2) is 8.38.